The molecule has 11 heavy (non-hydrogen) atoms. The van der Waals surface area contributed by atoms with Crippen molar-refractivity contribution in [1.82, 2.24) is 0 Å². The third-order valence-electron chi connectivity index (χ3n) is 0.914. The number of aliphatic hydroxyl groups is 1. The van der Waals surface area contributed by atoms with Gasteiger partial charge in [-0.05, 0) is 12.5 Å². The summed E-state index contributed by atoms with van der Waals surface area (Å²) in [6.07, 6.45) is 1.32. The van der Waals surface area contributed by atoms with Gasteiger partial charge in [0.1, 0.15) is 0 Å². The molecule has 0 amide bonds. The molecule has 66 valence electrons. The van der Waals surface area contributed by atoms with E-state index in [0.29, 0.717) is 5.57 Å². The van der Waals surface area contributed by atoms with Gasteiger partial charge < -0.3 is 24.0 Å². The van der Waals surface area contributed by atoms with Crippen molar-refractivity contribution in [2.75, 3.05) is 13.2 Å². The van der Waals surface area contributed by atoms with E-state index in [9.17, 15) is 14.4 Å². The Hall–Kier alpha value is -0.190. The topological polar surface area (TPSA) is 92.7 Å². The van der Waals surface area contributed by atoms with Gasteiger partial charge in [-0.15, -0.1) is 0 Å². The molecule has 0 bridgehead atoms. The second-order valence-electron chi connectivity index (χ2n) is 1.95. The smallest absolute Gasteiger partial charge is 0.0703 e. The van der Waals surface area contributed by atoms with Gasteiger partial charge in [0.05, 0.1) is 21.0 Å². The summed E-state index contributed by atoms with van der Waals surface area (Å²) in [4.78, 5) is 19.7. The molecule has 0 rings (SSSR count). The minimum absolute atomic E-state index is 0.175. The van der Waals surface area contributed by atoms with Crippen LogP contribution < -0.4 is 9.79 Å². The highest BCUT2D eigenvalue weighted by molar-refractivity contribution is 7.43. The van der Waals surface area contributed by atoms with Gasteiger partial charge in [0, 0.05) is 0 Å². The van der Waals surface area contributed by atoms with Crippen LogP contribution in [0.2, 0.25) is 0 Å². The van der Waals surface area contributed by atoms with E-state index in [4.69, 9.17) is 5.11 Å². The van der Waals surface area contributed by atoms with Crippen LogP contribution in [0.5, 0.6) is 0 Å². The first kappa shape index (κ1) is 10.8. The molecule has 0 unspecified atom stereocenters. The molecule has 5 nitrogen and oxygen atoms in total. The normalized spacial score (nSPS) is 13.6. The van der Waals surface area contributed by atoms with Crippen molar-refractivity contribution in [1.29, 1.82) is 0 Å². The summed E-state index contributed by atoms with van der Waals surface area (Å²) in [6, 6.07) is 0. The minimum Gasteiger partial charge on any atom is -0.790 e. The van der Waals surface area contributed by atoms with Crippen molar-refractivity contribution in [3.8, 4) is 0 Å². The predicted octanol–water partition coefficient (Wildman–Crippen LogP) is -1.23. The maximum atomic E-state index is 9.86. The lowest BCUT2D eigenvalue weighted by Crippen LogP contribution is -2.16. The highest BCUT2D eigenvalue weighted by atomic mass is 31.2. The number of aliphatic hydroxyl groups excluding tert-OH is 1. The molecule has 1 N–H and O–H groups in total. The molecule has 0 aromatic rings. The van der Waals surface area contributed by atoms with Crippen LogP contribution >= 0.6 is 7.82 Å². The lowest BCUT2D eigenvalue weighted by molar-refractivity contribution is -0.340. The Morgan fingerprint density at radius 2 is 2.27 bits per heavy atom. The predicted molar refractivity (Wildman–Crippen MR) is 34.4 cm³/mol. The highest BCUT2D eigenvalue weighted by Crippen LogP contribution is 2.23. The molecule has 0 saturated carbocycles. The number of hydrogen-bond donors (Lipinski definition) is 1. The molecular weight excluding hydrogens is 171 g/mol. The monoisotopic (exact) mass is 180 g/mol. The van der Waals surface area contributed by atoms with Crippen LogP contribution in [0.15, 0.2) is 11.6 Å². The average Bonchev–Trinajstić information content (AvgIpc) is 1.85. The maximum absolute atomic E-state index is 9.86. The van der Waals surface area contributed by atoms with Gasteiger partial charge in [0.2, 0.25) is 0 Å². The second kappa shape index (κ2) is 4.64. The van der Waals surface area contributed by atoms with Crippen LogP contribution in [0, 0.1) is 0 Å². The summed E-state index contributed by atoms with van der Waals surface area (Å²) >= 11 is 0. The van der Waals surface area contributed by atoms with Gasteiger partial charge in [-0.1, -0.05) is 6.08 Å². The molecule has 0 aromatic heterocycles. The van der Waals surface area contributed by atoms with Gasteiger partial charge in [0.25, 0.3) is 0 Å². The first-order valence-electron chi connectivity index (χ1n) is 2.89. The fraction of sp³-hybridized carbons (Fsp3) is 0.600. The standard InChI is InChI=1S/C5H11O5P/c1-5(4-6)2-3-10-11(7,8)9/h2,6H,3-4H2,1H3,(H2,7,8,9)/p-2/b5-2+. The average molecular weight is 180 g/mol. The quantitative estimate of drug-likeness (QED) is 0.432. The molecule has 0 aliphatic carbocycles. The van der Waals surface area contributed by atoms with Gasteiger partial charge in [-0.2, -0.15) is 0 Å². The van der Waals surface area contributed by atoms with Gasteiger partial charge in [-0.25, -0.2) is 0 Å². The van der Waals surface area contributed by atoms with Crippen molar-refractivity contribution < 1.29 is 24.0 Å². The summed E-state index contributed by atoms with van der Waals surface area (Å²) < 4.78 is 13.7. The van der Waals surface area contributed by atoms with Crippen LogP contribution in [0.4, 0.5) is 0 Å². The molecule has 0 saturated heterocycles. The summed E-state index contributed by atoms with van der Waals surface area (Å²) in [5.74, 6) is 0. The largest absolute Gasteiger partial charge is 0.790 e. The summed E-state index contributed by atoms with van der Waals surface area (Å²) in [5.41, 5.74) is 0.554. The van der Waals surface area contributed by atoms with Crippen molar-refractivity contribution in [2.24, 2.45) is 0 Å². The molecule has 0 fully saturated rings. The third-order valence-corrected chi connectivity index (χ3v) is 1.38. The molecule has 0 radical (unpaired) electrons. The van der Waals surface area contributed by atoms with Crippen LogP contribution in [0.1, 0.15) is 6.92 Å². The summed E-state index contributed by atoms with van der Waals surface area (Å²) in [5, 5.41) is 8.42. The first-order valence-corrected chi connectivity index (χ1v) is 4.35. The van der Waals surface area contributed by atoms with Crippen molar-refractivity contribution in [3.05, 3.63) is 11.6 Å². The van der Waals surface area contributed by atoms with Gasteiger partial charge >= 0.3 is 0 Å². The van der Waals surface area contributed by atoms with E-state index in [1.165, 1.54) is 6.08 Å². The Morgan fingerprint density at radius 3 is 2.64 bits per heavy atom. The van der Waals surface area contributed by atoms with E-state index in [1.807, 2.05) is 0 Å². The first-order chi connectivity index (χ1) is 4.95. The maximum Gasteiger partial charge on any atom is 0.0703 e. The van der Waals surface area contributed by atoms with Crippen molar-refractivity contribution in [2.45, 2.75) is 6.92 Å². The number of hydrogen-bond acceptors (Lipinski definition) is 5. The summed E-state index contributed by atoms with van der Waals surface area (Å²) in [7, 11) is -4.86. The van der Waals surface area contributed by atoms with E-state index >= 15 is 0 Å². The number of phosphoric ester groups is 1. The Bertz CT molecular complexity index is 181. The SMILES string of the molecule is C/C(=C\COP(=O)([O-])[O-])CO. The molecule has 0 aliphatic rings. The van der Waals surface area contributed by atoms with E-state index in [-0.39, 0.29) is 13.2 Å². The van der Waals surface area contributed by atoms with Crippen molar-refractivity contribution in [3.63, 3.8) is 0 Å². The van der Waals surface area contributed by atoms with Crippen LogP contribution in [-0.4, -0.2) is 18.3 Å². The van der Waals surface area contributed by atoms with Gasteiger partial charge in [-0.3, -0.25) is 0 Å². The Morgan fingerprint density at radius 1 is 1.73 bits per heavy atom. The molecular formula is C5H9O5P-2. The lowest BCUT2D eigenvalue weighted by atomic mass is 10.3. The fourth-order valence-corrected chi connectivity index (χ4v) is 0.592. The van der Waals surface area contributed by atoms with Crippen LogP contribution in [0.3, 0.4) is 0 Å². The molecule has 0 atom stereocenters. The Balaban J connectivity index is 3.66. The van der Waals surface area contributed by atoms with Crippen molar-refractivity contribution >= 4 is 7.82 Å². The highest BCUT2D eigenvalue weighted by Gasteiger charge is 1.88. The summed E-state index contributed by atoms with van der Waals surface area (Å²) in [6.45, 7) is 1.10. The molecule has 6 heteroatoms. The van der Waals surface area contributed by atoms with Crippen LogP contribution in [-0.2, 0) is 9.09 Å². The second-order valence-corrected chi connectivity index (χ2v) is 3.10. The Labute approximate surface area is 64.6 Å². The van der Waals surface area contributed by atoms with E-state index in [1.54, 1.807) is 6.92 Å². The fourth-order valence-electron chi connectivity index (χ4n) is 0.335. The molecule has 0 heterocycles. The zero-order valence-corrected chi connectivity index (χ0v) is 6.91. The van der Waals surface area contributed by atoms with E-state index in [0.717, 1.165) is 0 Å². The molecule has 0 aromatic carbocycles. The lowest BCUT2D eigenvalue weighted by Gasteiger charge is -2.27. The zero-order chi connectivity index (χ0) is 8.91. The molecule has 0 aliphatic heterocycles. The van der Waals surface area contributed by atoms with Gasteiger partial charge in [0.15, 0.2) is 0 Å². The number of phosphoric acid groups is 1. The Kier molecular flexibility index (Phi) is 4.56. The molecule has 0 spiro atoms. The van der Waals surface area contributed by atoms with E-state index < -0.39 is 7.82 Å². The zero-order valence-electron chi connectivity index (χ0n) is 6.02. The minimum atomic E-state index is -4.86. The van der Waals surface area contributed by atoms with Crippen LogP contribution in [0.25, 0.3) is 0 Å². The third kappa shape index (κ3) is 7.71. The number of rotatable bonds is 4. The van der Waals surface area contributed by atoms with E-state index in [2.05, 4.69) is 4.52 Å².